The quantitative estimate of drug-likeness (QED) is 0.828. The maximum Gasteiger partial charge on any atom is 0.0455 e. The first-order valence-electron chi connectivity index (χ1n) is 8.19. The molecule has 0 amide bonds. The van der Waals surface area contributed by atoms with Gasteiger partial charge < -0.3 is 10.3 Å². The Hall–Kier alpha value is -1.44. The summed E-state index contributed by atoms with van der Waals surface area (Å²) in [5, 5.41) is 5.21. The fraction of sp³-hybridized carbons (Fsp3) is 0.556. The first-order chi connectivity index (χ1) is 9.85. The van der Waals surface area contributed by atoms with Gasteiger partial charge in [0.2, 0.25) is 0 Å². The molecule has 2 aromatic rings. The fourth-order valence-electron chi connectivity index (χ4n) is 5.50. The largest absolute Gasteiger partial charge is 0.382 e. The predicted octanol–water partition coefficient (Wildman–Crippen LogP) is 4.40. The van der Waals surface area contributed by atoms with Crippen molar-refractivity contribution in [2.24, 2.45) is 23.7 Å². The summed E-state index contributed by atoms with van der Waals surface area (Å²) in [6.07, 6.45) is 9.49. The average Bonchev–Trinajstić information content (AvgIpc) is 2.89. The topological polar surface area (TPSA) is 27.8 Å². The molecule has 1 aromatic carbocycles. The molecule has 1 aromatic heterocycles. The molecule has 104 valence electrons. The second-order valence-corrected chi connectivity index (χ2v) is 7.38. The molecule has 20 heavy (non-hydrogen) atoms. The highest BCUT2D eigenvalue weighted by atomic mass is 14.9. The normalized spacial score (nSPS) is 38.5. The molecule has 4 bridgehead atoms. The number of anilines is 1. The lowest BCUT2D eigenvalue weighted by Gasteiger charge is -2.54. The maximum atomic E-state index is 3.89. The highest BCUT2D eigenvalue weighted by molar-refractivity contribution is 5.83. The first kappa shape index (κ1) is 11.2. The molecule has 4 aliphatic rings. The lowest BCUT2D eigenvalue weighted by molar-refractivity contribution is 0.00754. The van der Waals surface area contributed by atoms with Crippen molar-refractivity contribution >= 4 is 16.6 Å². The summed E-state index contributed by atoms with van der Waals surface area (Å²) in [4.78, 5) is 3.27. The van der Waals surface area contributed by atoms with Gasteiger partial charge >= 0.3 is 0 Å². The number of nitrogens with one attached hydrogen (secondary N) is 2. The highest BCUT2D eigenvalue weighted by Gasteiger charge is 2.48. The lowest BCUT2D eigenvalue weighted by atomic mass is 9.54. The van der Waals surface area contributed by atoms with Crippen LogP contribution in [-0.2, 0) is 0 Å². The summed E-state index contributed by atoms with van der Waals surface area (Å²) in [5.41, 5.74) is 2.55. The van der Waals surface area contributed by atoms with Crippen molar-refractivity contribution in [1.82, 2.24) is 4.98 Å². The van der Waals surface area contributed by atoms with Crippen molar-refractivity contribution < 1.29 is 0 Å². The number of hydrogen-bond acceptors (Lipinski definition) is 1. The number of fused-ring (bicyclic) bond motifs is 1. The molecule has 0 spiro atoms. The van der Waals surface area contributed by atoms with Gasteiger partial charge in [0.05, 0.1) is 0 Å². The Kier molecular flexibility index (Phi) is 2.27. The standard InChI is InChI=1S/C18H22N2/c1-2-17-13(3-4-19-17)10-16(1)20-18-14-6-11-5-12(8-14)9-15(18)7-11/h1-4,10-12,14-15,18-20H,5-9H2. The predicted molar refractivity (Wildman–Crippen MR) is 82.8 cm³/mol. The smallest absolute Gasteiger partial charge is 0.0455 e. The van der Waals surface area contributed by atoms with Crippen LogP contribution in [0.15, 0.2) is 30.5 Å². The third kappa shape index (κ3) is 1.63. The van der Waals surface area contributed by atoms with Gasteiger partial charge in [0.15, 0.2) is 0 Å². The number of aromatic amines is 1. The van der Waals surface area contributed by atoms with E-state index in [1.54, 1.807) is 0 Å². The molecule has 1 heterocycles. The molecule has 0 unspecified atom stereocenters. The molecule has 2 N–H and O–H groups in total. The third-order valence-corrected chi connectivity index (χ3v) is 6.11. The number of H-pyrrole nitrogens is 1. The third-order valence-electron chi connectivity index (χ3n) is 6.11. The van der Waals surface area contributed by atoms with Gasteiger partial charge in [0.1, 0.15) is 0 Å². The van der Waals surface area contributed by atoms with Gasteiger partial charge in [-0.3, -0.25) is 0 Å². The summed E-state index contributed by atoms with van der Waals surface area (Å²) in [6, 6.07) is 9.64. The Morgan fingerprint density at radius 1 is 0.900 bits per heavy atom. The summed E-state index contributed by atoms with van der Waals surface area (Å²) in [5.74, 6) is 3.99. The van der Waals surface area contributed by atoms with E-state index in [1.807, 2.05) is 6.20 Å². The second-order valence-electron chi connectivity index (χ2n) is 7.38. The monoisotopic (exact) mass is 266 g/mol. The van der Waals surface area contributed by atoms with E-state index in [9.17, 15) is 0 Å². The van der Waals surface area contributed by atoms with Crippen LogP contribution in [0.3, 0.4) is 0 Å². The minimum Gasteiger partial charge on any atom is -0.382 e. The molecule has 6 rings (SSSR count). The van der Waals surface area contributed by atoms with Crippen LogP contribution >= 0.6 is 0 Å². The van der Waals surface area contributed by atoms with Gasteiger partial charge in [-0.05, 0) is 80.0 Å². The zero-order valence-electron chi connectivity index (χ0n) is 11.8. The van der Waals surface area contributed by atoms with E-state index in [4.69, 9.17) is 0 Å². The van der Waals surface area contributed by atoms with E-state index in [-0.39, 0.29) is 0 Å². The van der Waals surface area contributed by atoms with E-state index in [0.717, 1.165) is 29.7 Å². The molecule has 0 aliphatic heterocycles. The van der Waals surface area contributed by atoms with Crippen LogP contribution in [0.25, 0.3) is 10.9 Å². The van der Waals surface area contributed by atoms with Crippen LogP contribution in [0.4, 0.5) is 5.69 Å². The Morgan fingerprint density at radius 3 is 2.40 bits per heavy atom. The van der Waals surface area contributed by atoms with Gasteiger partial charge in [-0.25, -0.2) is 0 Å². The Labute approximate surface area is 120 Å². The minimum absolute atomic E-state index is 0.735. The molecular weight excluding hydrogens is 244 g/mol. The number of benzene rings is 1. The van der Waals surface area contributed by atoms with E-state index >= 15 is 0 Å². The van der Waals surface area contributed by atoms with Crippen molar-refractivity contribution in [3.8, 4) is 0 Å². The van der Waals surface area contributed by atoms with Crippen molar-refractivity contribution in [1.29, 1.82) is 0 Å². The number of hydrogen-bond donors (Lipinski definition) is 2. The van der Waals surface area contributed by atoms with Gasteiger partial charge in [-0.2, -0.15) is 0 Å². The molecule has 0 atom stereocenters. The molecule has 2 nitrogen and oxygen atoms in total. The van der Waals surface area contributed by atoms with Gasteiger partial charge in [0.25, 0.3) is 0 Å². The summed E-state index contributed by atoms with van der Waals surface area (Å²) < 4.78 is 0. The molecule has 2 heteroatoms. The van der Waals surface area contributed by atoms with Crippen molar-refractivity contribution in [3.05, 3.63) is 30.5 Å². The van der Waals surface area contributed by atoms with E-state index in [1.165, 1.54) is 48.7 Å². The number of rotatable bonds is 2. The molecule has 4 saturated carbocycles. The first-order valence-corrected chi connectivity index (χ1v) is 8.19. The Morgan fingerprint density at radius 2 is 1.65 bits per heavy atom. The minimum atomic E-state index is 0.735. The summed E-state index contributed by atoms with van der Waals surface area (Å²) in [7, 11) is 0. The Bertz CT molecular complexity index is 614. The summed E-state index contributed by atoms with van der Waals surface area (Å²) in [6.45, 7) is 0. The van der Waals surface area contributed by atoms with Gasteiger partial charge in [-0.1, -0.05) is 0 Å². The maximum absolute atomic E-state index is 3.89. The zero-order valence-corrected chi connectivity index (χ0v) is 11.8. The highest BCUT2D eigenvalue weighted by Crippen LogP contribution is 2.54. The van der Waals surface area contributed by atoms with Gasteiger partial charge in [-0.15, -0.1) is 0 Å². The van der Waals surface area contributed by atoms with Crippen LogP contribution < -0.4 is 5.32 Å². The van der Waals surface area contributed by atoms with Crippen molar-refractivity contribution in [2.45, 2.75) is 38.1 Å². The van der Waals surface area contributed by atoms with Crippen LogP contribution in [0.5, 0.6) is 0 Å². The molecular formula is C18H22N2. The molecule has 4 fully saturated rings. The zero-order chi connectivity index (χ0) is 13.1. The van der Waals surface area contributed by atoms with Crippen LogP contribution in [-0.4, -0.2) is 11.0 Å². The van der Waals surface area contributed by atoms with Gasteiger partial charge in [0, 0.05) is 28.8 Å². The van der Waals surface area contributed by atoms with Crippen LogP contribution in [0.1, 0.15) is 32.1 Å². The Balaban J connectivity index is 1.43. The average molecular weight is 266 g/mol. The fourth-order valence-corrected chi connectivity index (χ4v) is 5.50. The number of aromatic nitrogens is 1. The van der Waals surface area contributed by atoms with Crippen molar-refractivity contribution in [3.63, 3.8) is 0 Å². The van der Waals surface area contributed by atoms with Crippen LogP contribution in [0.2, 0.25) is 0 Å². The second kappa shape index (κ2) is 4.03. The van der Waals surface area contributed by atoms with E-state index < -0.39 is 0 Å². The SMILES string of the molecule is c1cc2cc(NC3C4CC5CC(C4)CC3C5)ccc2[nH]1. The van der Waals surface area contributed by atoms with E-state index in [0.29, 0.717) is 0 Å². The molecule has 4 aliphatic carbocycles. The molecule has 0 radical (unpaired) electrons. The summed E-state index contributed by atoms with van der Waals surface area (Å²) >= 11 is 0. The molecule has 0 saturated heterocycles. The lowest BCUT2D eigenvalue weighted by Crippen LogP contribution is -2.51. The van der Waals surface area contributed by atoms with Crippen LogP contribution in [0, 0.1) is 23.7 Å². The van der Waals surface area contributed by atoms with Crippen molar-refractivity contribution in [2.75, 3.05) is 5.32 Å². The van der Waals surface area contributed by atoms with E-state index in [2.05, 4.69) is 34.6 Å².